The summed E-state index contributed by atoms with van der Waals surface area (Å²) in [4.78, 5) is 12.2. The zero-order valence-corrected chi connectivity index (χ0v) is 13.7. The predicted molar refractivity (Wildman–Crippen MR) is 84.5 cm³/mol. The topological polar surface area (TPSA) is 58.6 Å². The first-order chi connectivity index (χ1) is 9.51. The number of methoxy groups -OCH3 is 1. The monoisotopic (exact) mass is 399 g/mol. The van der Waals surface area contributed by atoms with Crippen molar-refractivity contribution < 1.29 is 14.6 Å². The summed E-state index contributed by atoms with van der Waals surface area (Å²) in [6, 6.07) is 10.00. The van der Waals surface area contributed by atoms with Crippen molar-refractivity contribution in [1.29, 1.82) is 0 Å². The maximum absolute atomic E-state index is 12.2. The van der Waals surface area contributed by atoms with Gasteiger partial charge in [0, 0.05) is 20.7 Å². The Morgan fingerprint density at radius 2 is 1.95 bits per heavy atom. The molecule has 0 aliphatic heterocycles. The zero-order valence-electron chi connectivity index (χ0n) is 10.5. The smallest absolute Gasteiger partial charge is 0.256 e. The van der Waals surface area contributed by atoms with Crippen LogP contribution in [0.25, 0.3) is 0 Å². The molecule has 0 radical (unpaired) electrons. The molecule has 0 aliphatic rings. The van der Waals surface area contributed by atoms with Crippen LogP contribution >= 0.6 is 31.9 Å². The number of nitrogens with one attached hydrogen (secondary N) is 1. The fraction of sp³-hybridized carbons (Fsp3) is 0.0714. The van der Waals surface area contributed by atoms with Crippen LogP contribution in [0.1, 0.15) is 10.4 Å². The Hall–Kier alpha value is -1.53. The van der Waals surface area contributed by atoms with Crippen molar-refractivity contribution in [3.05, 3.63) is 50.9 Å². The van der Waals surface area contributed by atoms with Gasteiger partial charge in [-0.05, 0) is 46.3 Å². The van der Waals surface area contributed by atoms with Crippen molar-refractivity contribution in [3.63, 3.8) is 0 Å². The van der Waals surface area contributed by atoms with Crippen molar-refractivity contribution in [3.8, 4) is 11.5 Å². The second kappa shape index (κ2) is 6.28. The number of rotatable bonds is 3. The Morgan fingerprint density at radius 3 is 2.60 bits per heavy atom. The first-order valence-electron chi connectivity index (χ1n) is 5.64. The lowest BCUT2D eigenvalue weighted by molar-refractivity contribution is 0.102. The number of benzene rings is 2. The van der Waals surface area contributed by atoms with Crippen molar-refractivity contribution in [2.75, 3.05) is 12.4 Å². The highest BCUT2D eigenvalue weighted by atomic mass is 79.9. The molecular formula is C14H11Br2NO3. The van der Waals surface area contributed by atoms with E-state index in [0.717, 1.165) is 4.47 Å². The van der Waals surface area contributed by atoms with Gasteiger partial charge in [0.05, 0.1) is 12.7 Å². The van der Waals surface area contributed by atoms with Gasteiger partial charge in [-0.2, -0.15) is 0 Å². The molecule has 4 nitrogen and oxygen atoms in total. The number of aromatic hydroxyl groups is 1. The Kier molecular flexibility index (Phi) is 4.67. The van der Waals surface area contributed by atoms with E-state index in [1.165, 1.54) is 13.2 Å². The maximum Gasteiger partial charge on any atom is 0.256 e. The minimum atomic E-state index is -0.275. The molecule has 0 aromatic heterocycles. The molecule has 0 atom stereocenters. The van der Waals surface area contributed by atoms with Crippen LogP contribution in [-0.2, 0) is 0 Å². The average molecular weight is 401 g/mol. The Morgan fingerprint density at radius 1 is 1.20 bits per heavy atom. The van der Waals surface area contributed by atoms with Crippen LogP contribution in [0.5, 0.6) is 11.5 Å². The molecule has 0 heterocycles. The number of phenolic OH excluding ortho intramolecular Hbond substituents is 1. The molecule has 1 amide bonds. The number of phenols is 1. The van der Waals surface area contributed by atoms with E-state index in [1.807, 2.05) is 6.07 Å². The molecule has 2 rings (SSSR count). The molecule has 0 unspecified atom stereocenters. The number of anilines is 1. The van der Waals surface area contributed by atoms with Gasteiger partial charge in [0.1, 0.15) is 0 Å². The minimum Gasteiger partial charge on any atom is -0.504 e. The van der Waals surface area contributed by atoms with E-state index < -0.39 is 0 Å². The van der Waals surface area contributed by atoms with Gasteiger partial charge < -0.3 is 15.2 Å². The Labute approximate surface area is 133 Å². The summed E-state index contributed by atoms with van der Waals surface area (Å²) in [6.07, 6.45) is 0. The van der Waals surface area contributed by atoms with E-state index in [4.69, 9.17) is 4.74 Å². The van der Waals surface area contributed by atoms with Gasteiger partial charge >= 0.3 is 0 Å². The van der Waals surface area contributed by atoms with Gasteiger partial charge in [0.25, 0.3) is 5.91 Å². The fourth-order valence-electron chi connectivity index (χ4n) is 1.64. The highest BCUT2D eigenvalue weighted by molar-refractivity contribution is 9.11. The molecule has 2 aromatic carbocycles. The number of ether oxygens (including phenoxy) is 1. The fourth-order valence-corrected chi connectivity index (χ4v) is 2.43. The third kappa shape index (κ3) is 3.32. The van der Waals surface area contributed by atoms with Gasteiger partial charge in [-0.1, -0.05) is 15.9 Å². The normalized spacial score (nSPS) is 10.2. The number of amides is 1. The second-order valence-electron chi connectivity index (χ2n) is 3.96. The van der Waals surface area contributed by atoms with Crippen LogP contribution in [0.3, 0.4) is 0 Å². The van der Waals surface area contributed by atoms with E-state index in [9.17, 15) is 9.90 Å². The van der Waals surface area contributed by atoms with Crippen LogP contribution in [0, 0.1) is 0 Å². The van der Waals surface area contributed by atoms with Crippen molar-refractivity contribution >= 4 is 43.5 Å². The van der Waals surface area contributed by atoms with Gasteiger partial charge in [0.15, 0.2) is 11.5 Å². The van der Waals surface area contributed by atoms with E-state index in [-0.39, 0.29) is 11.7 Å². The SMILES string of the molecule is COc1ccc(NC(=O)c2cc(Br)ccc2Br)cc1O. The number of carbonyl (C=O) groups is 1. The molecule has 2 aromatic rings. The van der Waals surface area contributed by atoms with Crippen LogP contribution < -0.4 is 10.1 Å². The van der Waals surface area contributed by atoms with Crippen LogP contribution in [-0.4, -0.2) is 18.1 Å². The van der Waals surface area contributed by atoms with Gasteiger partial charge in [-0.15, -0.1) is 0 Å². The third-order valence-electron chi connectivity index (χ3n) is 2.61. The molecule has 6 heteroatoms. The average Bonchev–Trinajstić information content (AvgIpc) is 2.41. The predicted octanol–water partition coefficient (Wildman–Crippen LogP) is 4.18. The zero-order chi connectivity index (χ0) is 14.7. The molecule has 20 heavy (non-hydrogen) atoms. The second-order valence-corrected chi connectivity index (χ2v) is 5.73. The molecule has 104 valence electrons. The van der Waals surface area contributed by atoms with E-state index in [2.05, 4.69) is 37.2 Å². The van der Waals surface area contributed by atoms with Gasteiger partial charge in [-0.25, -0.2) is 0 Å². The first kappa shape index (κ1) is 14.9. The molecule has 2 N–H and O–H groups in total. The number of hydrogen-bond donors (Lipinski definition) is 2. The summed E-state index contributed by atoms with van der Waals surface area (Å²) >= 11 is 6.65. The summed E-state index contributed by atoms with van der Waals surface area (Å²) in [7, 11) is 1.46. The molecule has 0 spiro atoms. The molecule has 0 fully saturated rings. The highest BCUT2D eigenvalue weighted by Crippen LogP contribution is 2.29. The number of hydrogen-bond acceptors (Lipinski definition) is 3. The number of halogens is 2. The molecule has 0 bridgehead atoms. The maximum atomic E-state index is 12.2. The quantitative estimate of drug-likeness (QED) is 0.812. The highest BCUT2D eigenvalue weighted by Gasteiger charge is 2.12. The summed E-state index contributed by atoms with van der Waals surface area (Å²) < 4.78 is 6.45. The standard InChI is InChI=1S/C14H11Br2NO3/c1-20-13-5-3-9(7-12(13)18)17-14(19)10-6-8(15)2-4-11(10)16/h2-7,18H,1H3,(H,17,19). The molecule has 0 saturated carbocycles. The van der Waals surface area contributed by atoms with Crippen LogP contribution in [0.15, 0.2) is 45.3 Å². The van der Waals surface area contributed by atoms with E-state index in [0.29, 0.717) is 21.5 Å². The summed E-state index contributed by atoms with van der Waals surface area (Å²) in [5.41, 5.74) is 0.981. The third-order valence-corrected chi connectivity index (χ3v) is 3.79. The lowest BCUT2D eigenvalue weighted by Gasteiger charge is -2.09. The van der Waals surface area contributed by atoms with Crippen LogP contribution in [0.2, 0.25) is 0 Å². The summed E-state index contributed by atoms with van der Waals surface area (Å²) in [5.74, 6) is 0.0491. The Balaban J connectivity index is 2.23. The number of carbonyl (C=O) groups excluding carboxylic acids is 1. The van der Waals surface area contributed by atoms with Gasteiger partial charge in [-0.3, -0.25) is 4.79 Å². The lowest BCUT2D eigenvalue weighted by atomic mass is 10.2. The van der Waals surface area contributed by atoms with E-state index in [1.54, 1.807) is 24.3 Å². The first-order valence-corrected chi connectivity index (χ1v) is 7.23. The lowest BCUT2D eigenvalue weighted by Crippen LogP contribution is -2.12. The molecular weight excluding hydrogens is 390 g/mol. The van der Waals surface area contributed by atoms with E-state index >= 15 is 0 Å². The van der Waals surface area contributed by atoms with Crippen molar-refractivity contribution in [2.24, 2.45) is 0 Å². The largest absolute Gasteiger partial charge is 0.504 e. The molecule has 0 aliphatic carbocycles. The minimum absolute atomic E-state index is 0.0291. The van der Waals surface area contributed by atoms with Crippen LogP contribution in [0.4, 0.5) is 5.69 Å². The molecule has 0 saturated heterocycles. The Bertz CT molecular complexity index is 659. The summed E-state index contributed by atoms with van der Waals surface area (Å²) in [6.45, 7) is 0. The van der Waals surface area contributed by atoms with Crippen molar-refractivity contribution in [2.45, 2.75) is 0 Å². The summed E-state index contributed by atoms with van der Waals surface area (Å²) in [5, 5.41) is 12.4. The van der Waals surface area contributed by atoms with Crippen molar-refractivity contribution in [1.82, 2.24) is 0 Å². The van der Waals surface area contributed by atoms with Gasteiger partial charge in [0.2, 0.25) is 0 Å².